The Kier molecular flexibility index (Phi) is 2.33. The Morgan fingerprint density at radius 2 is 2.36 bits per heavy atom. The third kappa shape index (κ3) is 1.34. The molecule has 0 saturated carbocycles. The van der Waals surface area contributed by atoms with Crippen LogP contribution in [-0.2, 0) is 0 Å². The number of rotatable bonds is 0. The number of benzene rings is 1. The number of hydrogen-bond donors (Lipinski definition) is 1. The van der Waals surface area contributed by atoms with Gasteiger partial charge in [0.05, 0.1) is 17.3 Å². The Morgan fingerprint density at radius 3 is 3.07 bits per heavy atom. The van der Waals surface area contributed by atoms with Gasteiger partial charge < -0.3 is 9.94 Å². The van der Waals surface area contributed by atoms with Gasteiger partial charge in [0.15, 0.2) is 0 Å². The molecule has 14 heavy (non-hydrogen) atoms. The van der Waals surface area contributed by atoms with E-state index in [1.54, 1.807) is 6.07 Å². The lowest BCUT2D eigenvalue weighted by atomic mass is 9.96. The molecule has 2 rings (SSSR count). The van der Waals surface area contributed by atoms with Crippen molar-refractivity contribution in [3.8, 4) is 5.75 Å². The molecule has 1 N–H and O–H groups in total. The van der Waals surface area contributed by atoms with Crippen molar-refractivity contribution in [1.82, 2.24) is 0 Å². The Hall–Kier alpha value is -1.22. The minimum absolute atomic E-state index is 0.0889. The Morgan fingerprint density at radius 1 is 1.57 bits per heavy atom. The molecule has 0 saturated heterocycles. The number of halogens is 1. The van der Waals surface area contributed by atoms with Crippen molar-refractivity contribution >= 4 is 17.3 Å². The van der Waals surface area contributed by atoms with E-state index < -0.39 is 0 Å². The normalized spacial score (nSPS) is 23.0. The van der Waals surface area contributed by atoms with Crippen LogP contribution in [-0.4, -0.2) is 17.5 Å². The SMILES string of the molecule is CC1COc2c(Cl)cccc2C1=NO. The van der Waals surface area contributed by atoms with Crippen molar-refractivity contribution < 1.29 is 9.94 Å². The van der Waals surface area contributed by atoms with E-state index in [0.717, 1.165) is 5.56 Å². The fourth-order valence-corrected chi connectivity index (χ4v) is 1.79. The van der Waals surface area contributed by atoms with Crippen LogP contribution in [0.2, 0.25) is 5.02 Å². The number of fused-ring (bicyclic) bond motifs is 1. The lowest BCUT2D eigenvalue weighted by molar-refractivity contribution is 0.268. The summed E-state index contributed by atoms with van der Waals surface area (Å²) in [4.78, 5) is 0. The fraction of sp³-hybridized carbons (Fsp3) is 0.300. The largest absolute Gasteiger partial charge is 0.491 e. The molecule has 4 heteroatoms. The second kappa shape index (κ2) is 3.50. The second-order valence-electron chi connectivity index (χ2n) is 3.31. The molecule has 1 heterocycles. The molecule has 0 bridgehead atoms. The molecule has 0 aromatic heterocycles. The van der Waals surface area contributed by atoms with Crippen LogP contribution in [0.1, 0.15) is 12.5 Å². The molecule has 0 amide bonds. The lowest BCUT2D eigenvalue weighted by Crippen LogP contribution is -2.26. The summed E-state index contributed by atoms with van der Waals surface area (Å²) in [6.07, 6.45) is 0. The zero-order valence-electron chi connectivity index (χ0n) is 7.70. The van der Waals surface area contributed by atoms with Gasteiger partial charge in [0.25, 0.3) is 0 Å². The van der Waals surface area contributed by atoms with Gasteiger partial charge in [0.1, 0.15) is 5.75 Å². The highest BCUT2D eigenvalue weighted by Crippen LogP contribution is 2.34. The smallest absolute Gasteiger partial charge is 0.147 e. The van der Waals surface area contributed by atoms with E-state index in [4.69, 9.17) is 21.5 Å². The summed E-state index contributed by atoms with van der Waals surface area (Å²) < 4.78 is 5.47. The summed E-state index contributed by atoms with van der Waals surface area (Å²) in [5, 5.41) is 12.7. The number of oxime groups is 1. The van der Waals surface area contributed by atoms with E-state index in [1.807, 2.05) is 19.1 Å². The van der Waals surface area contributed by atoms with Crippen molar-refractivity contribution in [2.45, 2.75) is 6.92 Å². The predicted molar refractivity (Wildman–Crippen MR) is 54.4 cm³/mol. The molecule has 0 fully saturated rings. The average Bonchev–Trinajstić information content (AvgIpc) is 2.18. The van der Waals surface area contributed by atoms with Crippen molar-refractivity contribution in [2.75, 3.05) is 6.61 Å². The zero-order valence-corrected chi connectivity index (χ0v) is 8.45. The van der Waals surface area contributed by atoms with E-state index in [0.29, 0.717) is 23.1 Å². The molecule has 0 aliphatic carbocycles. The molecule has 1 aliphatic heterocycles. The Balaban J connectivity index is 2.58. The molecular weight excluding hydrogens is 202 g/mol. The number of para-hydroxylation sites is 1. The Labute approximate surface area is 86.9 Å². The first kappa shape index (κ1) is 9.34. The lowest BCUT2D eigenvalue weighted by Gasteiger charge is -2.23. The summed E-state index contributed by atoms with van der Waals surface area (Å²) in [5.41, 5.74) is 1.41. The third-order valence-electron chi connectivity index (χ3n) is 2.30. The predicted octanol–water partition coefficient (Wildman–Crippen LogP) is 2.55. The molecule has 3 nitrogen and oxygen atoms in total. The highest BCUT2D eigenvalue weighted by molar-refractivity contribution is 6.33. The van der Waals surface area contributed by atoms with Crippen molar-refractivity contribution in [3.63, 3.8) is 0 Å². The standard InChI is InChI=1S/C10H10ClNO2/c1-6-5-14-10-7(9(6)12-13)3-2-4-8(10)11/h2-4,6,13H,5H2,1H3. The topological polar surface area (TPSA) is 41.8 Å². The van der Waals surface area contributed by atoms with Gasteiger partial charge in [-0.05, 0) is 12.1 Å². The van der Waals surface area contributed by atoms with Gasteiger partial charge in [-0.3, -0.25) is 0 Å². The first-order valence-corrected chi connectivity index (χ1v) is 4.75. The molecular formula is C10H10ClNO2. The Bertz CT molecular complexity index is 390. The molecule has 1 atom stereocenters. The minimum Gasteiger partial charge on any atom is -0.491 e. The van der Waals surface area contributed by atoms with E-state index in [-0.39, 0.29) is 5.92 Å². The van der Waals surface area contributed by atoms with Gasteiger partial charge >= 0.3 is 0 Å². The van der Waals surface area contributed by atoms with Crippen molar-refractivity contribution in [1.29, 1.82) is 0 Å². The highest BCUT2D eigenvalue weighted by atomic mass is 35.5. The van der Waals surface area contributed by atoms with Crippen LogP contribution in [0, 0.1) is 5.92 Å². The van der Waals surface area contributed by atoms with Gasteiger partial charge in [0, 0.05) is 11.5 Å². The van der Waals surface area contributed by atoms with Gasteiger partial charge in [-0.25, -0.2) is 0 Å². The summed E-state index contributed by atoms with van der Waals surface area (Å²) in [5.74, 6) is 0.700. The minimum atomic E-state index is 0.0889. The van der Waals surface area contributed by atoms with E-state index >= 15 is 0 Å². The number of hydrogen-bond acceptors (Lipinski definition) is 3. The van der Waals surface area contributed by atoms with Crippen molar-refractivity contribution in [3.05, 3.63) is 28.8 Å². The van der Waals surface area contributed by atoms with Crippen LogP contribution >= 0.6 is 11.6 Å². The quantitative estimate of drug-likeness (QED) is 0.529. The van der Waals surface area contributed by atoms with Gasteiger partial charge in [-0.2, -0.15) is 0 Å². The van der Waals surface area contributed by atoms with Gasteiger partial charge in [0.2, 0.25) is 0 Å². The molecule has 0 spiro atoms. The van der Waals surface area contributed by atoms with Crippen LogP contribution in [0.3, 0.4) is 0 Å². The third-order valence-corrected chi connectivity index (χ3v) is 2.59. The zero-order chi connectivity index (χ0) is 10.1. The summed E-state index contributed by atoms with van der Waals surface area (Å²) in [6, 6.07) is 5.41. The summed E-state index contributed by atoms with van der Waals surface area (Å²) in [7, 11) is 0. The average molecular weight is 212 g/mol. The molecule has 1 aromatic rings. The van der Waals surface area contributed by atoms with E-state index in [2.05, 4.69) is 5.16 Å². The van der Waals surface area contributed by atoms with Crippen LogP contribution in [0.4, 0.5) is 0 Å². The maximum Gasteiger partial charge on any atom is 0.147 e. The number of nitrogens with zero attached hydrogens (tertiary/aromatic N) is 1. The number of ether oxygens (including phenoxy) is 1. The maximum atomic E-state index is 8.89. The first-order chi connectivity index (χ1) is 6.74. The van der Waals surface area contributed by atoms with Crippen LogP contribution in [0.25, 0.3) is 0 Å². The fourth-order valence-electron chi connectivity index (χ4n) is 1.56. The molecule has 0 radical (unpaired) electrons. The maximum absolute atomic E-state index is 8.89. The van der Waals surface area contributed by atoms with E-state index in [9.17, 15) is 0 Å². The van der Waals surface area contributed by atoms with Crippen molar-refractivity contribution in [2.24, 2.45) is 11.1 Å². The van der Waals surface area contributed by atoms with Crippen LogP contribution < -0.4 is 4.74 Å². The molecule has 1 unspecified atom stereocenters. The first-order valence-electron chi connectivity index (χ1n) is 4.37. The van der Waals surface area contributed by atoms with Crippen LogP contribution in [0.15, 0.2) is 23.4 Å². The molecule has 1 aliphatic rings. The monoisotopic (exact) mass is 211 g/mol. The van der Waals surface area contributed by atoms with Crippen LogP contribution in [0.5, 0.6) is 5.75 Å². The van der Waals surface area contributed by atoms with Gasteiger partial charge in [-0.15, -0.1) is 0 Å². The summed E-state index contributed by atoms with van der Waals surface area (Å²) >= 11 is 5.95. The molecule has 74 valence electrons. The second-order valence-corrected chi connectivity index (χ2v) is 3.72. The van der Waals surface area contributed by atoms with Gasteiger partial charge in [-0.1, -0.05) is 29.7 Å². The van der Waals surface area contributed by atoms with E-state index in [1.165, 1.54) is 0 Å². The highest BCUT2D eigenvalue weighted by Gasteiger charge is 2.25. The summed E-state index contributed by atoms with van der Waals surface area (Å²) in [6.45, 7) is 2.44. The molecule has 1 aromatic carbocycles.